The van der Waals surface area contributed by atoms with Gasteiger partial charge in [-0.1, -0.05) is 35.8 Å². The maximum atomic E-state index is 10.5. The van der Waals surface area contributed by atoms with E-state index in [0.717, 1.165) is 16.3 Å². The van der Waals surface area contributed by atoms with E-state index in [4.69, 9.17) is 0 Å². The average Bonchev–Trinajstić information content (AvgIpc) is 2.05. The van der Waals surface area contributed by atoms with Gasteiger partial charge in [0.1, 0.15) is 6.29 Å². The number of carbonyl (C=O) groups excluding carboxylic acids is 1. The highest BCUT2D eigenvalue weighted by Crippen LogP contribution is 2.24. The van der Waals surface area contributed by atoms with Crippen LogP contribution < -0.4 is 0 Å². The Balaban J connectivity index is 3.16. The molecule has 0 N–H and O–H groups in total. The first-order valence-electron chi connectivity index (χ1n) is 3.89. The highest BCUT2D eigenvalue weighted by Gasteiger charge is 2.04. The molecule has 0 radical (unpaired) electrons. The summed E-state index contributed by atoms with van der Waals surface area (Å²) < 4.78 is 1.07. The molecule has 0 atom stereocenters. The predicted octanol–water partition coefficient (Wildman–Crippen LogP) is 3.39. The van der Waals surface area contributed by atoms with Gasteiger partial charge in [-0.25, -0.2) is 0 Å². The standard InChI is InChI=1S/C10H11BrO/c1-7(2)9-5-8(6-12)3-4-10(9)11/h3-7H,1-2H3. The summed E-state index contributed by atoms with van der Waals surface area (Å²) in [4.78, 5) is 10.5. The fourth-order valence-electron chi connectivity index (χ4n) is 1.08. The Hall–Kier alpha value is -0.630. The molecule has 0 amide bonds. The molecule has 0 aliphatic heterocycles. The number of benzene rings is 1. The molecule has 64 valence electrons. The molecule has 0 aliphatic carbocycles. The summed E-state index contributed by atoms with van der Waals surface area (Å²) in [6.07, 6.45) is 0.873. The van der Waals surface area contributed by atoms with Gasteiger partial charge in [0.2, 0.25) is 0 Å². The van der Waals surface area contributed by atoms with Gasteiger partial charge in [0, 0.05) is 10.0 Å². The molecule has 0 fully saturated rings. The van der Waals surface area contributed by atoms with E-state index in [1.54, 1.807) is 0 Å². The van der Waals surface area contributed by atoms with Crippen LogP contribution in [0.4, 0.5) is 0 Å². The Labute approximate surface area is 80.9 Å². The molecule has 12 heavy (non-hydrogen) atoms. The molecule has 0 aromatic heterocycles. The molecule has 0 unspecified atom stereocenters. The minimum atomic E-state index is 0.444. The summed E-state index contributed by atoms with van der Waals surface area (Å²) in [6, 6.07) is 5.64. The van der Waals surface area contributed by atoms with Crippen LogP contribution in [0.2, 0.25) is 0 Å². The lowest BCUT2D eigenvalue weighted by Gasteiger charge is -2.07. The molecule has 0 spiro atoms. The van der Waals surface area contributed by atoms with Crippen LogP contribution in [0.5, 0.6) is 0 Å². The minimum absolute atomic E-state index is 0.444. The number of halogens is 1. The lowest BCUT2D eigenvalue weighted by atomic mass is 10.0. The molecule has 1 aromatic carbocycles. The smallest absolute Gasteiger partial charge is 0.150 e. The van der Waals surface area contributed by atoms with Crippen LogP contribution in [0, 0.1) is 0 Å². The molecule has 1 nitrogen and oxygen atoms in total. The number of carbonyl (C=O) groups is 1. The van der Waals surface area contributed by atoms with Crippen LogP contribution >= 0.6 is 15.9 Å². The van der Waals surface area contributed by atoms with E-state index in [1.807, 2.05) is 18.2 Å². The minimum Gasteiger partial charge on any atom is -0.298 e. The average molecular weight is 227 g/mol. The summed E-state index contributed by atoms with van der Waals surface area (Å²) in [5.74, 6) is 0.444. The summed E-state index contributed by atoms with van der Waals surface area (Å²) in [5, 5.41) is 0. The first-order chi connectivity index (χ1) is 5.65. The zero-order valence-electron chi connectivity index (χ0n) is 7.17. The van der Waals surface area contributed by atoms with Crippen LogP contribution in [0.15, 0.2) is 22.7 Å². The molecule has 1 aromatic rings. The van der Waals surface area contributed by atoms with Gasteiger partial charge in [0.25, 0.3) is 0 Å². The third-order valence-electron chi connectivity index (χ3n) is 1.78. The van der Waals surface area contributed by atoms with Crippen molar-refractivity contribution in [3.05, 3.63) is 33.8 Å². The fourth-order valence-corrected chi connectivity index (χ4v) is 1.78. The molecule has 1 rings (SSSR count). The van der Waals surface area contributed by atoms with Crippen LogP contribution in [-0.2, 0) is 0 Å². The molecule has 0 bridgehead atoms. The van der Waals surface area contributed by atoms with Crippen molar-refractivity contribution in [1.82, 2.24) is 0 Å². The van der Waals surface area contributed by atoms with Gasteiger partial charge in [-0.3, -0.25) is 4.79 Å². The van der Waals surface area contributed by atoms with Gasteiger partial charge < -0.3 is 0 Å². The van der Waals surface area contributed by atoms with Gasteiger partial charge >= 0.3 is 0 Å². The summed E-state index contributed by atoms with van der Waals surface area (Å²) in [7, 11) is 0. The van der Waals surface area contributed by atoms with Gasteiger partial charge in [-0.05, 0) is 23.6 Å². The van der Waals surface area contributed by atoms with E-state index in [1.165, 1.54) is 5.56 Å². The second-order valence-corrected chi connectivity index (χ2v) is 3.91. The molecular weight excluding hydrogens is 216 g/mol. The molecule has 0 saturated carbocycles. The van der Waals surface area contributed by atoms with Gasteiger partial charge in [0.15, 0.2) is 0 Å². The molecule has 2 heteroatoms. The Morgan fingerprint density at radius 2 is 2.08 bits per heavy atom. The van der Waals surface area contributed by atoms with Crippen molar-refractivity contribution in [2.75, 3.05) is 0 Å². The van der Waals surface area contributed by atoms with Crippen molar-refractivity contribution in [3.8, 4) is 0 Å². The van der Waals surface area contributed by atoms with Gasteiger partial charge in [0.05, 0.1) is 0 Å². The van der Waals surface area contributed by atoms with E-state index in [0.29, 0.717) is 5.92 Å². The maximum Gasteiger partial charge on any atom is 0.150 e. The normalized spacial score (nSPS) is 10.3. The van der Waals surface area contributed by atoms with Crippen molar-refractivity contribution in [1.29, 1.82) is 0 Å². The van der Waals surface area contributed by atoms with Crippen LogP contribution in [0.3, 0.4) is 0 Å². The summed E-state index contributed by atoms with van der Waals surface area (Å²) in [5.41, 5.74) is 1.92. The zero-order chi connectivity index (χ0) is 9.14. The molecule has 0 heterocycles. The number of hydrogen-bond donors (Lipinski definition) is 0. The first-order valence-corrected chi connectivity index (χ1v) is 4.69. The largest absolute Gasteiger partial charge is 0.298 e. The fraction of sp³-hybridized carbons (Fsp3) is 0.300. The van der Waals surface area contributed by atoms with Crippen LogP contribution in [0.1, 0.15) is 35.7 Å². The predicted molar refractivity (Wildman–Crippen MR) is 53.6 cm³/mol. The molecule has 0 aliphatic rings. The number of aldehydes is 1. The second kappa shape index (κ2) is 3.85. The Bertz CT molecular complexity index is 292. The Morgan fingerprint density at radius 3 is 2.58 bits per heavy atom. The van der Waals surface area contributed by atoms with Crippen LogP contribution in [0.25, 0.3) is 0 Å². The highest BCUT2D eigenvalue weighted by molar-refractivity contribution is 9.10. The monoisotopic (exact) mass is 226 g/mol. The van der Waals surface area contributed by atoms with Crippen LogP contribution in [-0.4, -0.2) is 6.29 Å². The second-order valence-electron chi connectivity index (χ2n) is 3.05. The lowest BCUT2D eigenvalue weighted by Crippen LogP contribution is -1.91. The third-order valence-corrected chi connectivity index (χ3v) is 2.50. The SMILES string of the molecule is CC(C)c1cc(C=O)ccc1Br. The zero-order valence-corrected chi connectivity index (χ0v) is 8.76. The van der Waals surface area contributed by atoms with Gasteiger partial charge in [-0.15, -0.1) is 0 Å². The van der Waals surface area contributed by atoms with E-state index in [9.17, 15) is 4.79 Å². The molecular formula is C10H11BrO. The van der Waals surface area contributed by atoms with E-state index >= 15 is 0 Å². The maximum absolute atomic E-state index is 10.5. The topological polar surface area (TPSA) is 17.1 Å². The van der Waals surface area contributed by atoms with Crippen molar-refractivity contribution in [3.63, 3.8) is 0 Å². The number of rotatable bonds is 2. The Kier molecular flexibility index (Phi) is 3.04. The summed E-state index contributed by atoms with van der Waals surface area (Å²) in [6.45, 7) is 4.21. The summed E-state index contributed by atoms with van der Waals surface area (Å²) >= 11 is 3.44. The van der Waals surface area contributed by atoms with E-state index in [2.05, 4.69) is 29.8 Å². The van der Waals surface area contributed by atoms with E-state index in [-0.39, 0.29) is 0 Å². The lowest BCUT2D eigenvalue weighted by molar-refractivity contribution is 0.112. The van der Waals surface area contributed by atoms with Crippen molar-refractivity contribution in [2.45, 2.75) is 19.8 Å². The van der Waals surface area contributed by atoms with Crippen molar-refractivity contribution in [2.24, 2.45) is 0 Å². The molecule has 0 saturated heterocycles. The third kappa shape index (κ3) is 1.95. The first kappa shape index (κ1) is 9.46. The highest BCUT2D eigenvalue weighted by atomic mass is 79.9. The van der Waals surface area contributed by atoms with Crippen molar-refractivity contribution >= 4 is 22.2 Å². The number of hydrogen-bond acceptors (Lipinski definition) is 1. The van der Waals surface area contributed by atoms with Gasteiger partial charge in [-0.2, -0.15) is 0 Å². The van der Waals surface area contributed by atoms with Crippen molar-refractivity contribution < 1.29 is 4.79 Å². The van der Waals surface area contributed by atoms with E-state index < -0.39 is 0 Å². The Morgan fingerprint density at radius 1 is 1.42 bits per heavy atom. The quantitative estimate of drug-likeness (QED) is 0.707.